The highest BCUT2D eigenvalue weighted by molar-refractivity contribution is 7.15. The Morgan fingerprint density at radius 2 is 1.92 bits per heavy atom. The van der Waals surface area contributed by atoms with E-state index in [0.29, 0.717) is 6.61 Å². The first-order valence-electron chi connectivity index (χ1n) is 7.92. The van der Waals surface area contributed by atoms with Gasteiger partial charge in [-0.2, -0.15) is 0 Å². The minimum Gasteiger partial charge on any atom is -0.489 e. The number of fused-ring (bicyclic) bond motifs is 1. The van der Waals surface area contributed by atoms with Gasteiger partial charge in [0.05, 0.1) is 5.69 Å². The third kappa shape index (κ3) is 2.69. The van der Waals surface area contributed by atoms with Gasteiger partial charge in [0.15, 0.2) is 4.96 Å². The van der Waals surface area contributed by atoms with Crippen molar-refractivity contribution >= 4 is 16.3 Å². The zero-order valence-corrected chi connectivity index (χ0v) is 14.5. The van der Waals surface area contributed by atoms with Crippen LogP contribution >= 0.6 is 11.3 Å². The van der Waals surface area contributed by atoms with E-state index in [-0.39, 0.29) is 0 Å². The van der Waals surface area contributed by atoms with Crippen molar-refractivity contribution in [2.45, 2.75) is 20.5 Å². The molecule has 4 heteroatoms. The van der Waals surface area contributed by atoms with Crippen molar-refractivity contribution in [3.63, 3.8) is 0 Å². The summed E-state index contributed by atoms with van der Waals surface area (Å²) in [6.45, 7) is 4.77. The van der Waals surface area contributed by atoms with E-state index in [4.69, 9.17) is 9.72 Å². The molecule has 2 heterocycles. The second-order valence-corrected chi connectivity index (χ2v) is 6.73. The molecule has 0 saturated carbocycles. The van der Waals surface area contributed by atoms with Crippen LogP contribution in [0.4, 0.5) is 0 Å². The lowest BCUT2D eigenvalue weighted by molar-refractivity contribution is 0.304. The summed E-state index contributed by atoms with van der Waals surface area (Å²) in [6.07, 6.45) is 2.07. The van der Waals surface area contributed by atoms with Gasteiger partial charge >= 0.3 is 0 Å². The molecule has 2 aromatic heterocycles. The van der Waals surface area contributed by atoms with Gasteiger partial charge < -0.3 is 4.74 Å². The van der Waals surface area contributed by atoms with Crippen LogP contribution in [0.2, 0.25) is 0 Å². The minimum absolute atomic E-state index is 0.584. The van der Waals surface area contributed by atoms with Crippen molar-refractivity contribution in [2.24, 2.45) is 0 Å². The number of aromatic nitrogens is 2. The molecule has 0 aliphatic rings. The smallest absolute Gasteiger partial charge is 0.194 e. The number of rotatable bonds is 4. The molecule has 4 aromatic rings. The Hall–Kier alpha value is -2.59. The lowest BCUT2D eigenvalue weighted by Gasteiger charge is -2.10. The Balaban J connectivity index is 1.59. The Bertz CT molecular complexity index is 985. The summed E-state index contributed by atoms with van der Waals surface area (Å²) in [5.41, 5.74) is 5.64. The van der Waals surface area contributed by atoms with E-state index in [9.17, 15) is 0 Å². The van der Waals surface area contributed by atoms with E-state index in [2.05, 4.69) is 54.1 Å². The summed E-state index contributed by atoms with van der Waals surface area (Å²) in [5, 5.41) is 2.06. The molecular weight excluding hydrogens is 316 g/mol. The first kappa shape index (κ1) is 15.0. The van der Waals surface area contributed by atoms with Crippen LogP contribution in [-0.2, 0) is 6.61 Å². The molecule has 0 radical (unpaired) electrons. The van der Waals surface area contributed by atoms with E-state index in [1.807, 2.05) is 24.3 Å². The standard InChI is InChI=1S/C20H18N2OS/c1-14-12-17(19-15(2)22-10-11-24-20(22)21-19)8-9-18(14)23-13-16-6-4-3-5-7-16/h3-12H,13H2,1-2H3. The molecule has 0 aliphatic carbocycles. The molecule has 0 atom stereocenters. The molecule has 120 valence electrons. The lowest BCUT2D eigenvalue weighted by Crippen LogP contribution is -1.97. The topological polar surface area (TPSA) is 26.5 Å². The van der Waals surface area contributed by atoms with Gasteiger partial charge in [0.1, 0.15) is 12.4 Å². The van der Waals surface area contributed by atoms with E-state index in [1.165, 1.54) is 11.3 Å². The maximum absolute atomic E-state index is 5.96. The molecule has 3 nitrogen and oxygen atoms in total. The fourth-order valence-electron chi connectivity index (χ4n) is 2.87. The SMILES string of the molecule is Cc1cc(-c2nc3sccn3c2C)ccc1OCc1ccccc1. The summed E-state index contributed by atoms with van der Waals surface area (Å²) in [7, 11) is 0. The van der Waals surface area contributed by atoms with Gasteiger partial charge in [-0.05, 0) is 43.2 Å². The normalized spacial score (nSPS) is 11.1. The molecule has 0 unspecified atom stereocenters. The number of aryl methyl sites for hydroxylation is 2. The molecule has 0 saturated heterocycles. The van der Waals surface area contributed by atoms with E-state index < -0.39 is 0 Å². The van der Waals surface area contributed by atoms with Crippen molar-refractivity contribution in [1.82, 2.24) is 9.38 Å². The molecule has 4 rings (SSSR count). The number of ether oxygens (including phenoxy) is 1. The first-order chi connectivity index (χ1) is 11.7. The first-order valence-corrected chi connectivity index (χ1v) is 8.80. The van der Waals surface area contributed by atoms with Crippen LogP contribution in [0.1, 0.15) is 16.8 Å². The monoisotopic (exact) mass is 334 g/mol. The van der Waals surface area contributed by atoms with Gasteiger partial charge in [-0.15, -0.1) is 11.3 Å². The Morgan fingerprint density at radius 3 is 2.67 bits per heavy atom. The van der Waals surface area contributed by atoms with Crippen LogP contribution in [0, 0.1) is 13.8 Å². The van der Waals surface area contributed by atoms with Crippen LogP contribution in [0.15, 0.2) is 60.1 Å². The lowest BCUT2D eigenvalue weighted by atomic mass is 10.1. The predicted octanol–water partition coefficient (Wildman–Crippen LogP) is 5.26. The fraction of sp³-hybridized carbons (Fsp3) is 0.150. The zero-order valence-electron chi connectivity index (χ0n) is 13.7. The van der Waals surface area contributed by atoms with E-state index in [0.717, 1.165) is 27.5 Å². The van der Waals surface area contributed by atoms with Crippen molar-refractivity contribution in [3.05, 3.63) is 76.9 Å². The number of imidazole rings is 1. The molecule has 0 N–H and O–H groups in total. The molecule has 0 fully saturated rings. The van der Waals surface area contributed by atoms with Crippen LogP contribution in [0.3, 0.4) is 0 Å². The highest BCUT2D eigenvalue weighted by atomic mass is 32.1. The van der Waals surface area contributed by atoms with Gasteiger partial charge in [0.2, 0.25) is 0 Å². The number of hydrogen-bond donors (Lipinski definition) is 0. The molecule has 0 bridgehead atoms. The average molecular weight is 334 g/mol. The van der Waals surface area contributed by atoms with Crippen LogP contribution in [0.25, 0.3) is 16.2 Å². The second-order valence-electron chi connectivity index (χ2n) is 5.86. The van der Waals surface area contributed by atoms with Gasteiger partial charge in [-0.1, -0.05) is 30.3 Å². The van der Waals surface area contributed by atoms with Crippen molar-refractivity contribution in [3.8, 4) is 17.0 Å². The van der Waals surface area contributed by atoms with E-state index in [1.54, 1.807) is 11.3 Å². The summed E-state index contributed by atoms with van der Waals surface area (Å²) < 4.78 is 8.10. The summed E-state index contributed by atoms with van der Waals surface area (Å²) >= 11 is 1.66. The third-order valence-electron chi connectivity index (χ3n) is 4.19. The average Bonchev–Trinajstić information content (AvgIpc) is 3.18. The minimum atomic E-state index is 0.584. The van der Waals surface area contributed by atoms with Crippen molar-refractivity contribution in [1.29, 1.82) is 0 Å². The maximum atomic E-state index is 5.96. The molecule has 2 aromatic carbocycles. The second kappa shape index (κ2) is 6.13. The number of thiazole rings is 1. The van der Waals surface area contributed by atoms with Gasteiger partial charge in [-0.3, -0.25) is 4.40 Å². The van der Waals surface area contributed by atoms with Gasteiger partial charge in [0, 0.05) is 22.8 Å². The molecule has 0 aliphatic heterocycles. The zero-order chi connectivity index (χ0) is 16.5. The van der Waals surface area contributed by atoms with Gasteiger partial charge in [0.25, 0.3) is 0 Å². The highest BCUT2D eigenvalue weighted by Crippen LogP contribution is 2.30. The van der Waals surface area contributed by atoms with E-state index >= 15 is 0 Å². The predicted molar refractivity (Wildman–Crippen MR) is 98.8 cm³/mol. The molecule has 24 heavy (non-hydrogen) atoms. The Kier molecular flexibility index (Phi) is 3.82. The quantitative estimate of drug-likeness (QED) is 0.509. The van der Waals surface area contributed by atoms with Crippen molar-refractivity contribution in [2.75, 3.05) is 0 Å². The Labute approximate surface area is 145 Å². The third-order valence-corrected chi connectivity index (χ3v) is 4.94. The van der Waals surface area contributed by atoms with Crippen molar-refractivity contribution < 1.29 is 4.74 Å². The summed E-state index contributed by atoms with van der Waals surface area (Å²) in [6, 6.07) is 16.5. The largest absolute Gasteiger partial charge is 0.489 e. The number of hydrogen-bond acceptors (Lipinski definition) is 3. The molecule has 0 amide bonds. The van der Waals surface area contributed by atoms with Crippen LogP contribution in [-0.4, -0.2) is 9.38 Å². The Morgan fingerprint density at radius 1 is 1.08 bits per heavy atom. The van der Waals surface area contributed by atoms with Gasteiger partial charge in [-0.25, -0.2) is 4.98 Å². The number of nitrogens with zero attached hydrogens (tertiary/aromatic N) is 2. The highest BCUT2D eigenvalue weighted by Gasteiger charge is 2.12. The number of benzene rings is 2. The van der Waals surface area contributed by atoms with Crippen LogP contribution in [0.5, 0.6) is 5.75 Å². The summed E-state index contributed by atoms with van der Waals surface area (Å²) in [4.78, 5) is 5.78. The maximum Gasteiger partial charge on any atom is 0.194 e. The fourth-order valence-corrected chi connectivity index (χ4v) is 3.63. The molecular formula is C20H18N2OS. The summed E-state index contributed by atoms with van der Waals surface area (Å²) in [5.74, 6) is 0.918. The van der Waals surface area contributed by atoms with Crippen LogP contribution < -0.4 is 4.74 Å². The molecule has 0 spiro atoms.